The zero-order chi connectivity index (χ0) is 63.8. The molecule has 12 atom stereocenters. The van der Waals surface area contributed by atoms with Crippen LogP contribution in [0.4, 0.5) is 4.79 Å². The molecule has 6 rings (SSSR count). The zero-order valence-electron chi connectivity index (χ0n) is 49.7. The fraction of sp³-hybridized carbons (Fsp3) is 0.649. The standard InChI is InChI=1S/C57H83N11O17S2/c1-6-29(2)36-20-33(70)23-61-50(77)32-18-37-35-11-12-44(85-5)38(27-86-16-14-60-57(83)59-13-9-7-8-10-15-67-47(76)17-30(3)55(67)81)49(35)66-54(37)87(84)28-40(63-46(75)24-62-51(36)78)52(79)64-39(22-45(58)74)56(82)68-25-34(71)21-41(68)53(80)65-48(42(72)19-32)31(4)43(73)26-69/h11-12,29-32,34,36,39-41,43,48,66,69,71,73H,6-10,13-28H2,1-5H3,(H2,58,74)(H,61,77)(H,62,78)(H,63,75)(H,64,79)(H,65,80)(H2,59,60,83)/t29-,30?,31-,32+,34+,36-,39-,40-,41-,43-,48-,87?/m0/s1. The number of unbranched alkanes of at least 4 members (excludes halogenated alkanes) is 3. The number of fused-ring (bicyclic) bond motifs is 5. The Hall–Kier alpha value is -7.02. The van der Waals surface area contributed by atoms with Gasteiger partial charge in [0, 0.05) is 98.0 Å². The van der Waals surface area contributed by atoms with E-state index in [1.807, 2.05) is 0 Å². The molecular weight excluding hydrogens is 1170 g/mol. The van der Waals surface area contributed by atoms with Crippen molar-refractivity contribution in [3.05, 3.63) is 23.3 Å². The van der Waals surface area contributed by atoms with Crippen molar-refractivity contribution >= 4 is 104 Å². The lowest BCUT2D eigenvalue weighted by atomic mass is 9.85. The van der Waals surface area contributed by atoms with Gasteiger partial charge in [-0.2, -0.15) is 11.8 Å². The Morgan fingerprint density at radius 1 is 0.874 bits per heavy atom. The molecule has 11 amide bonds. The molecule has 2 fully saturated rings. The fourth-order valence-corrected chi connectivity index (χ4v) is 13.5. The molecule has 1 aromatic carbocycles. The van der Waals surface area contributed by atoms with Crippen molar-refractivity contribution < 1.29 is 81.8 Å². The Labute approximate surface area is 510 Å². The second kappa shape index (κ2) is 32.3. The predicted molar refractivity (Wildman–Crippen MR) is 316 cm³/mol. The largest absolute Gasteiger partial charge is 0.496 e. The van der Waals surface area contributed by atoms with E-state index in [0.29, 0.717) is 60.3 Å². The molecule has 1 aromatic heterocycles. The minimum Gasteiger partial charge on any atom is -0.496 e. The summed E-state index contributed by atoms with van der Waals surface area (Å²) in [6.07, 6.45) is -2.31. The minimum absolute atomic E-state index is 0.109. The second-order valence-electron chi connectivity index (χ2n) is 22.8. The van der Waals surface area contributed by atoms with Crippen LogP contribution in [0.25, 0.3) is 10.9 Å². The Kier molecular flexibility index (Phi) is 25.6. The molecule has 30 heteroatoms. The van der Waals surface area contributed by atoms with Gasteiger partial charge in [0.1, 0.15) is 28.9 Å². The summed E-state index contributed by atoms with van der Waals surface area (Å²) in [6, 6.07) is -4.13. The highest BCUT2D eigenvalue weighted by atomic mass is 32.2. The number of nitrogens with one attached hydrogen (secondary N) is 8. The molecule has 0 spiro atoms. The van der Waals surface area contributed by atoms with Gasteiger partial charge >= 0.3 is 6.03 Å². The lowest BCUT2D eigenvalue weighted by molar-refractivity contribution is -0.144. The Morgan fingerprint density at radius 3 is 2.26 bits per heavy atom. The van der Waals surface area contributed by atoms with E-state index in [1.165, 1.54) is 30.7 Å². The Morgan fingerprint density at radius 2 is 1.59 bits per heavy atom. The molecule has 480 valence electrons. The lowest BCUT2D eigenvalue weighted by Gasteiger charge is -2.32. The van der Waals surface area contributed by atoms with E-state index < -0.39 is 194 Å². The molecule has 0 aliphatic carbocycles. The maximum absolute atomic E-state index is 15.3. The van der Waals surface area contributed by atoms with Crippen LogP contribution >= 0.6 is 11.8 Å². The monoisotopic (exact) mass is 1260 g/mol. The third-order valence-electron chi connectivity index (χ3n) is 16.5. The molecule has 87 heavy (non-hydrogen) atoms. The first kappa shape index (κ1) is 69.1. The summed E-state index contributed by atoms with van der Waals surface area (Å²) in [5, 5.41) is 50.4. The normalized spacial score (nSPS) is 26.0. The number of aliphatic hydroxyl groups is 3. The van der Waals surface area contributed by atoms with Crippen molar-refractivity contribution in [3.63, 3.8) is 0 Å². The molecular formula is C57H83N11O17S2. The average molecular weight is 1260 g/mol. The summed E-state index contributed by atoms with van der Waals surface area (Å²) < 4.78 is 21.1. The number of Topliss-reactive ketones (excluding diaryl/α,β-unsaturated/α-hetero) is 2. The van der Waals surface area contributed by atoms with Gasteiger partial charge in [-0.25, -0.2) is 4.79 Å². The summed E-state index contributed by atoms with van der Waals surface area (Å²) >= 11 is 1.38. The molecule has 13 N–H and O–H groups in total. The lowest BCUT2D eigenvalue weighted by Crippen LogP contribution is -2.60. The van der Waals surface area contributed by atoms with Gasteiger partial charge in [0.05, 0.1) is 73.5 Å². The highest BCUT2D eigenvalue weighted by Gasteiger charge is 2.45. The average Bonchev–Trinajstić information content (AvgIpc) is 1.81. The van der Waals surface area contributed by atoms with E-state index in [-0.39, 0.29) is 47.0 Å². The number of likely N-dealkylation sites (tertiary alicyclic amines) is 1. The number of primary amides is 1. The van der Waals surface area contributed by atoms with Gasteiger partial charge in [-0.1, -0.05) is 47.0 Å². The van der Waals surface area contributed by atoms with Gasteiger partial charge in [-0.15, -0.1) is 0 Å². The van der Waals surface area contributed by atoms with Crippen molar-refractivity contribution in [3.8, 4) is 5.75 Å². The van der Waals surface area contributed by atoms with Crippen LogP contribution in [0.15, 0.2) is 17.2 Å². The van der Waals surface area contributed by atoms with Crippen LogP contribution < -0.4 is 47.7 Å². The number of imide groups is 1. The third-order valence-corrected chi connectivity index (χ3v) is 18.9. The number of benzene rings is 1. The molecule has 2 aromatic rings. The molecule has 5 heterocycles. The van der Waals surface area contributed by atoms with Crippen LogP contribution in [-0.4, -0.2) is 206 Å². The number of hydrogen-bond acceptors (Lipinski definition) is 18. The van der Waals surface area contributed by atoms with Crippen molar-refractivity contribution in [2.75, 3.05) is 64.5 Å². The summed E-state index contributed by atoms with van der Waals surface area (Å²) in [4.78, 5) is 170. The number of nitrogens with zero attached hydrogens (tertiary/aromatic N) is 2. The highest BCUT2D eigenvalue weighted by molar-refractivity contribution is 7.98. The number of thioether (sulfide) groups is 1. The summed E-state index contributed by atoms with van der Waals surface area (Å²) in [5.74, 6) is -13.0. The summed E-state index contributed by atoms with van der Waals surface area (Å²) in [5.41, 5.74) is 6.61. The molecule has 4 aliphatic heterocycles. The second-order valence-corrected chi connectivity index (χ2v) is 25.4. The number of ketones is 2. The number of aromatic nitrogens is 1. The number of aromatic amines is 1. The Bertz CT molecular complexity index is 2940. The van der Waals surface area contributed by atoms with Gasteiger partial charge in [-0.3, -0.25) is 61.8 Å². The first-order valence-corrected chi connectivity index (χ1v) is 31.9. The van der Waals surface area contributed by atoms with E-state index in [4.69, 9.17) is 10.5 Å². The predicted octanol–water partition coefficient (Wildman–Crippen LogP) is -1.95. The van der Waals surface area contributed by atoms with Crippen LogP contribution in [0.1, 0.15) is 103 Å². The number of urea groups is 1. The number of carbonyl (C=O) groups is 12. The molecule has 28 nitrogen and oxygen atoms in total. The quantitative estimate of drug-likeness (QED) is 0.0506. The summed E-state index contributed by atoms with van der Waals surface area (Å²) in [6.45, 7) is 4.80. The van der Waals surface area contributed by atoms with Crippen LogP contribution in [0, 0.1) is 29.6 Å². The number of methoxy groups -OCH3 is 1. The topological polar surface area (TPSA) is 424 Å². The van der Waals surface area contributed by atoms with Crippen molar-refractivity contribution in [2.24, 2.45) is 35.3 Å². The van der Waals surface area contributed by atoms with Gasteiger partial charge < -0.3 is 72.9 Å². The molecule has 2 saturated heterocycles. The first-order chi connectivity index (χ1) is 41.4. The molecule has 2 unspecified atom stereocenters. The van der Waals surface area contributed by atoms with Crippen LogP contribution in [-0.2, 0) is 75.7 Å². The zero-order valence-corrected chi connectivity index (χ0v) is 51.3. The number of nitrogens with two attached hydrogens (primary N) is 1. The number of amides is 11. The maximum atomic E-state index is 15.3. The van der Waals surface area contributed by atoms with Crippen molar-refractivity contribution in [1.82, 2.24) is 52.0 Å². The van der Waals surface area contributed by atoms with E-state index in [0.717, 1.165) is 17.7 Å². The van der Waals surface area contributed by atoms with Crippen LogP contribution in [0.3, 0.4) is 0 Å². The van der Waals surface area contributed by atoms with Gasteiger partial charge in [0.2, 0.25) is 53.2 Å². The smallest absolute Gasteiger partial charge is 0.314 e. The Balaban J connectivity index is 1.37. The van der Waals surface area contributed by atoms with E-state index in [9.17, 15) is 72.9 Å². The van der Waals surface area contributed by atoms with Crippen LogP contribution in [0.5, 0.6) is 5.75 Å². The number of aliphatic hydroxyl groups excluding tert-OH is 3. The highest BCUT2D eigenvalue weighted by Crippen LogP contribution is 2.37. The first-order valence-electron chi connectivity index (χ1n) is 29.5. The number of H-pyrrole nitrogens is 1. The van der Waals surface area contributed by atoms with Crippen LogP contribution in [0.2, 0.25) is 0 Å². The molecule has 0 saturated carbocycles. The van der Waals surface area contributed by atoms with Gasteiger partial charge in [-0.05, 0) is 42.9 Å². The SMILES string of the molecule is CC[C@H](C)[C@@H]1CC(=O)CNC(=O)[C@H]2CC(=O)[C@H]([C@@H](C)[C@@H](O)CO)NC(=O)[C@@H]3C[C@@H](O)CN3C(=O)[C@H](CC(N)=O)NC(=O)[C@H](CS(=O)c3[nH]c4c(CSCCNC(=O)NCCCCCCN5C(=O)CC(C)C5=O)c(OC)ccc4c3C2)NC(=O)CNC1=O. The van der Waals surface area contributed by atoms with Gasteiger partial charge in [0.25, 0.3) is 0 Å². The van der Waals surface area contributed by atoms with E-state index in [1.54, 1.807) is 32.9 Å². The molecule has 4 aliphatic rings. The molecule has 2 bridgehead atoms. The fourth-order valence-electron chi connectivity index (χ4n) is 11.2. The third kappa shape index (κ3) is 18.3. The number of ether oxygens (including phenoxy) is 1. The maximum Gasteiger partial charge on any atom is 0.314 e. The number of carbonyl (C=O) groups excluding carboxylic acids is 12. The molecule has 0 radical (unpaired) electrons. The van der Waals surface area contributed by atoms with E-state index in [2.05, 4.69) is 42.2 Å². The summed E-state index contributed by atoms with van der Waals surface area (Å²) in [7, 11) is -1.00. The van der Waals surface area contributed by atoms with E-state index >= 15 is 4.21 Å². The van der Waals surface area contributed by atoms with Crippen molar-refractivity contribution in [1.29, 1.82) is 0 Å². The minimum atomic E-state index is -2.43. The number of rotatable bonds is 20. The van der Waals surface area contributed by atoms with Crippen molar-refractivity contribution in [2.45, 2.75) is 145 Å². The number of hydrogen-bond donors (Lipinski definition) is 12. The van der Waals surface area contributed by atoms with Gasteiger partial charge in [0.15, 0.2) is 11.6 Å².